The van der Waals surface area contributed by atoms with E-state index in [0.29, 0.717) is 18.3 Å². The van der Waals surface area contributed by atoms with Crippen LogP contribution in [0.15, 0.2) is 12.4 Å². The lowest BCUT2D eigenvalue weighted by Gasteiger charge is -2.27. The minimum absolute atomic E-state index is 0.0530. The van der Waals surface area contributed by atoms with Gasteiger partial charge in [0.05, 0.1) is 18.8 Å². The predicted octanol–water partition coefficient (Wildman–Crippen LogP) is 1.45. The third kappa shape index (κ3) is 3.34. The van der Waals surface area contributed by atoms with Crippen LogP contribution in [0.25, 0.3) is 0 Å². The van der Waals surface area contributed by atoms with Gasteiger partial charge in [-0.25, -0.2) is 9.97 Å². The number of aliphatic hydroxyl groups is 1. The van der Waals surface area contributed by atoms with Crippen LogP contribution in [0.4, 0.5) is 5.82 Å². The zero-order chi connectivity index (χ0) is 12.0. The highest BCUT2D eigenvalue weighted by atomic mass is 16.5. The Morgan fingerprint density at radius 2 is 2.19 bits per heavy atom. The summed E-state index contributed by atoms with van der Waals surface area (Å²) in [6.45, 7) is 6.47. The molecule has 0 amide bonds. The first-order valence-corrected chi connectivity index (χ1v) is 5.47. The second-order valence-corrected chi connectivity index (χ2v) is 3.87. The van der Waals surface area contributed by atoms with Crippen LogP contribution in [0, 0.1) is 0 Å². The van der Waals surface area contributed by atoms with E-state index in [1.165, 1.54) is 6.33 Å². The van der Waals surface area contributed by atoms with E-state index in [9.17, 15) is 5.11 Å². The molecule has 0 aromatic carbocycles. The number of hydrogen-bond acceptors (Lipinski definition) is 5. The zero-order valence-electron chi connectivity index (χ0n) is 10.0. The Labute approximate surface area is 95.9 Å². The molecule has 1 aromatic rings. The Bertz CT molecular complexity index is 327. The molecule has 0 aliphatic rings. The minimum atomic E-state index is -0.363. The molecule has 5 nitrogen and oxygen atoms in total. The highest BCUT2D eigenvalue weighted by Crippen LogP contribution is 2.18. The molecule has 0 fully saturated rings. The SMILES string of the molecule is CCOc1cc(NC(C)(CC)CO)ncn1. The molecule has 0 aliphatic carbocycles. The topological polar surface area (TPSA) is 67.3 Å². The molecule has 2 N–H and O–H groups in total. The molecule has 1 aromatic heterocycles. The van der Waals surface area contributed by atoms with Crippen LogP contribution in [-0.2, 0) is 0 Å². The lowest BCUT2D eigenvalue weighted by Crippen LogP contribution is -2.38. The van der Waals surface area contributed by atoms with Crippen molar-refractivity contribution >= 4 is 5.82 Å². The van der Waals surface area contributed by atoms with Crippen molar-refractivity contribution in [2.45, 2.75) is 32.7 Å². The van der Waals surface area contributed by atoms with Crippen LogP contribution in [0.2, 0.25) is 0 Å². The number of hydrogen-bond donors (Lipinski definition) is 2. The van der Waals surface area contributed by atoms with Gasteiger partial charge >= 0.3 is 0 Å². The molecule has 1 unspecified atom stereocenters. The fourth-order valence-corrected chi connectivity index (χ4v) is 1.18. The molecule has 5 heteroatoms. The molecule has 0 bridgehead atoms. The summed E-state index contributed by atoms with van der Waals surface area (Å²) in [6, 6.07) is 1.73. The smallest absolute Gasteiger partial charge is 0.218 e. The van der Waals surface area contributed by atoms with Gasteiger partial charge in [-0.1, -0.05) is 6.92 Å². The molecule has 0 saturated carbocycles. The van der Waals surface area contributed by atoms with E-state index < -0.39 is 0 Å². The van der Waals surface area contributed by atoms with E-state index in [2.05, 4.69) is 15.3 Å². The number of aromatic nitrogens is 2. The van der Waals surface area contributed by atoms with Crippen molar-refractivity contribution in [2.24, 2.45) is 0 Å². The maximum atomic E-state index is 9.28. The van der Waals surface area contributed by atoms with Crippen molar-refractivity contribution in [2.75, 3.05) is 18.5 Å². The summed E-state index contributed by atoms with van der Waals surface area (Å²) >= 11 is 0. The molecule has 0 radical (unpaired) electrons. The van der Waals surface area contributed by atoms with Gasteiger partial charge < -0.3 is 15.2 Å². The largest absolute Gasteiger partial charge is 0.478 e. The van der Waals surface area contributed by atoms with Crippen molar-refractivity contribution in [3.8, 4) is 5.88 Å². The van der Waals surface area contributed by atoms with E-state index in [-0.39, 0.29) is 12.1 Å². The molecule has 1 atom stereocenters. The average molecular weight is 225 g/mol. The van der Waals surface area contributed by atoms with Crippen LogP contribution in [0.3, 0.4) is 0 Å². The van der Waals surface area contributed by atoms with Gasteiger partial charge in [-0.15, -0.1) is 0 Å². The van der Waals surface area contributed by atoms with Gasteiger partial charge in [-0.05, 0) is 20.3 Å². The summed E-state index contributed by atoms with van der Waals surface area (Å²) < 4.78 is 5.27. The highest BCUT2D eigenvalue weighted by Gasteiger charge is 2.21. The normalized spacial score (nSPS) is 14.2. The maximum absolute atomic E-state index is 9.28. The first-order chi connectivity index (χ1) is 7.63. The summed E-state index contributed by atoms with van der Waals surface area (Å²) in [5.41, 5.74) is -0.363. The first kappa shape index (κ1) is 12.7. The van der Waals surface area contributed by atoms with Gasteiger partial charge in [0.15, 0.2) is 0 Å². The maximum Gasteiger partial charge on any atom is 0.218 e. The van der Waals surface area contributed by atoms with Crippen LogP contribution in [0.1, 0.15) is 27.2 Å². The predicted molar refractivity (Wildman–Crippen MR) is 62.6 cm³/mol. The molecular formula is C11H19N3O2. The fourth-order valence-electron chi connectivity index (χ4n) is 1.18. The van der Waals surface area contributed by atoms with Gasteiger partial charge in [-0.2, -0.15) is 0 Å². The van der Waals surface area contributed by atoms with Crippen LogP contribution < -0.4 is 10.1 Å². The van der Waals surface area contributed by atoms with Gasteiger partial charge in [0.1, 0.15) is 12.1 Å². The Hall–Kier alpha value is -1.36. The standard InChI is InChI=1S/C11H19N3O2/c1-4-11(3,7-15)14-9-6-10(16-5-2)13-8-12-9/h6,8,15H,4-5,7H2,1-3H3,(H,12,13,14). The number of ether oxygens (including phenoxy) is 1. The Balaban J connectivity index is 2.76. The molecule has 16 heavy (non-hydrogen) atoms. The van der Waals surface area contributed by atoms with Gasteiger partial charge in [-0.3, -0.25) is 0 Å². The Kier molecular flexibility index (Phi) is 4.49. The third-order valence-corrected chi connectivity index (χ3v) is 2.49. The monoisotopic (exact) mass is 225 g/mol. The van der Waals surface area contributed by atoms with Crippen molar-refractivity contribution < 1.29 is 9.84 Å². The number of aliphatic hydroxyl groups excluding tert-OH is 1. The third-order valence-electron chi connectivity index (χ3n) is 2.49. The fraction of sp³-hybridized carbons (Fsp3) is 0.636. The molecule has 90 valence electrons. The Morgan fingerprint density at radius 1 is 1.44 bits per heavy atom. The van der Waals surface area contributed by atoms with Crippen molar-refractivity contribution in [1.29, 1.82) is 0 Å². The number of anilines is 1. The second-order valence-electron chi connectivity index (χ2n) is 3.87. The minimum Gasteiger partial charge on any atom is -0.478 e. The van der Waals surface area contributed by atoms with Gasteiger partial charge in [0, 0.05) is 6.07 Å². The quantitative estimate of drug-likeness (QED) is 0.767. The summed E-state index contributed by atoms with van der Waals surface area (Å²) in [6.07, 6.45) is 2.25. The van der Waals surface area contributed by atoms with E-state index in [0.717, 1.165) is 6.42 Å². The zero-order valence-corrected chi connectivity index (χ0v) is 10.0. The van der Waals surface area contributed by atoms with E-state index in [1.807, 2.05) is 20.8 Å². The molecule has 0 saturated heterocycles. The van der Waals surface area contributed by atoms with E-state index >= 15 is 0 Å². The second kappa shape index (κ2) is 5.65. The highest BCUT2D eigenvalue weighted by molar-refractivity contribution is 5.39. The van der Waals surface area contributed by atoms with Crippen LogP contribution >= 0.6 is 0 Å². The van der Waals surface area contributed by atoms with Crippen LogP contribution in [0.5, 0.6) is 5.88 Å². The van der Waals surface area contributed by atoms with Gasteiger partial charge in [0.25, 0.3) is 0 Å². The number of nitrogens with one attached hydrogen (secondary N) is 1. The lowest BCUT2D eigenvalue weighted by molar-refractivity contribution is 0.218. The van der Waals surface area contributed by atoms with Gasteiger partial charge in [0.2, 0.25) is 5.88 Å². The van der Waals surface area contributed by atoms with Crippen LogP contribution in [-0.4, -0.2) is 33.8 Å². The summed E-state index contributed by atoms with van der Waals surface area (Å²) in [4.78, 5) is 8.06. The average Bonchev–Trinajstić information content (AvgIpc) is 2.30. The summed E-state index contributed by atoms with van der Waals surface area (Å²) in [7, 11) is 0. The van der Waals surface area contributed by atoms with Crippen molar-refractivity contribution in [3.05, 3.63) is 12.4 Å². The number of rotatable bonds is 6. The summed E-state index contributed by atoms with van der Waals surface area (Å²) in [5, 5.41) is 12.5. The summed E-state index contributed by atoms with van der Waals surface area (Å²) in [5.74, 6) is 1.20. The molecule has 1 rings (SSSR count). The number of nitrogens with zero attached hydrogens (tertiary/aromatic N) is 2. The molecular weight excluding hydrogens is 206 g/mol. The molecule has 0 spiro atoms. The Morgan fingerprint density at radius 3 is 2.75 bits per heavy atom. The van der Waals surface area contributed by atoms with E-state index in [1.54, 1.807) is 6.07 Å². The molecule has 0 aliphatic heterocycles. The first-order valence-electron chi connectivity index (χ1n) is 5.47. The van der Waals surface area contributed by atoms with Crippen molar-refractivity contribution in [3.63, 3.8) is 0 Å². The van der Waals surface area contributed by atoms with Crippen molar-refractivity contribution in [1.82, 2.24) is 9.97 Å². The lowest BCUT2D eigenvalue weighted by atomic mass is 10.0. The van der Waals surface area contributed by atoms with E-state index in [4.69, 9.17) is 4.74 Å². The molecule has 1 heterocycles.